The number of guanidine groups is 1. The van der Waals surface area contributed by atoms with Crippen LogP contribution in [-0.2, 0) is 0 Å². The van der Waals surface area contributed by atoms with Gasteiger partial charge in [-0.05, 0) is 53.3 Å². The van der Waals surface area contributed by atoms with Crippen molar-refractivity contribution in [3.8, 4) is 0 Å². The molecule has 29 heavy (non-hydrogen) atoms. The van der Waals surface area contributed by atoms with Gasteiger partial charge >= 0.3 is 0 Å². The highest BCUT2D eigenvalue weighted by Crippen LogP contribution is 2.22. The number of benzene rings is 1. The van der Waals surface area contributed by atoms with Gasteiger partial charge in [-0.15, -0.1) is 24.0 Å². The van der Waals surface area contributed by atoms with E-state index in [0.29, 0.717) is 23.6 Å². The highest BCUT2D eigenvalue weighted by Gasteiger charge is 2.34. The van der Waals surface area contributed by atoms with Gasteiger partial charge in [-0.25, -0.2) is 0 Å². The van der Waals surface area contributed by atoms with Crippen molar-refractivity contribution in [1.82, 2.24) is 15.5 Å². The van der Waals surface area contributed by atoms with Gasteiger partial charge in [0.1, 0.15) is 0 Å². The molecule has 1 aliphatic rings. The van der Waals surface area contributed by atoms with E-state index < -0.39 is 0 Å². The van der Waals surface area contributed by atoms with Crippen molar-refractivity contribution in [2.45, 2.75) is 25.7 Å². The lowest BCUT2D eigenvalue weighted by Crippen LogP contribution is -2.39. The number of hydrogen-bond donors (Lipinski definition) is 2. The predicted octanol–water partition coefficient (Wildman–Crippen LogP) is 3.71. The Hall–Kier alpha value is -1.94. The van der Waals surface area contributed by atoms with Gasteiger partial charge in [0.15, 0.2) is 5.96 Å². The average molecular weight is 526 g/mol. The molecule has 1 atom stereocenters. The van der Waals surface area contributed by atoms with Gasteiger partial charge < -0.3 is 10.6 Å². The Morgan fingerprint density at radius 3 is 2.38 bits per heavy atom. The monoisotopic (exact) mass is 526 g/mol. The van der Waals surface area contributed by atoms with Crippen LogP contribution in [0.25, 0.3) is 0 Å². The molecule has 0 saturated heterocycles. The van der Waals surface area contributed by atoms with E-state index >= 15 is 0 Å². The summed E-state index contributed by atoms with van der Waals surface area (Å²) in [5, 5.41) is 10.9. The molecule has 0 saturated carbocycles. The summed E-state index contributed by atoms with van der Waals surface area (Å²) in [6.45, 7) is 4.17. The molecule has 2 heterocycles. The molecule has 8 heteroatoms. The molecule has 2 amide bonds. The maximum Gasteiger partial charge on any atom is 0.261 e. The fourth-order valence-electron chi connectivity index (χ4n) is 3.19. The van der Waals surface area contributed by atoms with Crippen LogP contribution in [0.15, 0.2) is 46.1 Å². The van der Waals surface area contributed by atoms with E-state index in [1.807, 2.05) is 0 Å². The molecule has 0 radical (unpaired) electrons. The Balaban J connectivity index is 0.00000300. The number of carbonyl (C=O) groups is 2. The minimum atomic E-state index is -0.187. The topological polar surface area (TPSA) is 73.8 Å². The van der Waals surface area contributed by atoms with E-state index in [0.717, 1.165) is 31.9 Å². The van der Waals surface area contributed by atoms with Crippen LogP contribution in [0.4, 0.5) is 0 Å². The van der Waals surface area contributed by atoms with E-state index in [1.54, 1.807) is 42.6 Å². The van der Waals surface area contributed by atoms with E-state index in [4.69, 9.17) is 0 Å². The molecule has 2 N–H and O–H groups in total. The molecule has 0 fully saturated rings. The van der Waals surface area contributed by atoms with Crippen molar-refractivity contribution in [1.29, 1.82) is 0 Å². The van der Waals surface area contributed by atoms with Gasteiger partial charge in [0, 0.05) is 26.7 Å². The highest BCUT2D eigenvalue weighted by atomic mass is 127. The quantitative estimate of drug-likeness (QED) is 0.181. The van der Waals surface area contributed by atoms with Crippen molar-refractivity contribution in [2.24, 2.45) is 4.99 Å². The van der Waals surface area contributed by atoms with Crippen molar-refractivity contribution in [3.63, 3.8) is 0 Å². The normalized spacial score (nSPS) is 14.4. The summed E-state index contributed by atoms with van der Waals surface area (Å²) >= 11 is 1.71. The SMILES string of the molecule is CN=C(NCCCCN1C(=O)c2ccccc2C1=O)NCC(C)c1ccsc1.I. The molecular formula is C21H27IN4O2S. The third-order valence-electron chi connectivity index (χ3n) is 4.89. The van der Waals surface area contributed by atoms with Crippen molar-refractivity contribution >= 4 is 53.1 Å². The first kappa shape index (κ1) is 23.3. The second-order valence-corrected chi connectivity index (χ2v) is 7.63. The molecule has 6 nitrogen and oxygen atoms in total. The fourth-order valence-corrected chi connectivity index (χ4v) is 3.97. The Bertz CT molecular complexity index is 819. The molecular weight excluding hydrogens is 499 g/mol. The van der Waals surface area contributed by atoms with Gasteiger partial charge in [-0.3, -0.25) is 19.5 Å². The first-order valence-corrected chi connectivity index (χ1v) is 10.5. The smallest absolute Gasteiger partial charge is 0.261 e. The zero-order valence-corrected chi connectivity index (χ0v) is 19.8. The third kappa shape index (κ3) is 5.79. The van der Waals surface area contributed by atoms with Gasteiger partial charge in [0.05, 0.1) is 11.1 Å². The molecule has 1 aromatic heterocycles. The number of hydrogen-bond acceptors (Lipinski definition) is 4. The first-order valence-electron chi connectivity index (χ1n) is 9.53. The predicted molar refractivity (Wildman–Crippen MR) is 129 cm³/mol. The molecule has 0 bridgehead atoms. The second-order valence-electron chi connectivity index (χ2n) is 6.85. The number of unbranched alkanes of at least 4 members (excludes halogenated alkanes) is 1. The lowest BCUT2D eigenvalue weighted by Gasteiger charge is -2.16. The maximum absolute atomic E-state index is 12.3. The number of nitrogens with one attached hydrogen (secondary N) is 2. The van der Waals surface area contributed by atoms with Crippen LogP contribution >= 0.6 is 35.3 Å². The number of amides is 2. The molecule has 1 aliphatic heterocycles. The zero-order valence-electron chi connectivity index (χ0n) is 16.7. The summed E-state index contributed by atoms with van der Waals surface area (Å²) in [6.07, 6.45) is 1.59. The summed E-state index contributed by atoms with van der Waals surface area (Å²) in [4.78, 5) is 30.3. The molecule has 3 rings (SSSR count). The Labute approximate surface area is 192 Å². The van der Waals surface area contributed by atoms with Crippen molar-refractivity contribution in [2.75, 3.05) is 26.7 Å². The minimum absolute atomic E-state index is 0. The van der Waals surface area contributed by atoms with E-state index in [1.165, 1.54) is 10.5 Å². The third-order valence-corrected chi connectivity index (χ3v) is 5.59. The van der Waals surface area contributed by atoms with Crippen molar-refractivity contribution in [3.05, 3.63) is 57.8 Å². The number of rotatable bonds is 8. The summed E-state index contributed by atoms with van der Waals surface area (Å²) < 4.78 is 0. The largest absolute Gasteiger partial charge is 0.356 e. The second kappa shape index (κ2) is 11.3. The Morgan fingerprint density at radius 2 is 1.79 bits per heavy atom. The van der Waals surface area contributed by atoms with Crippen LogP contribution in [0.1, 0.15) is 52.0 Å². The van der Waals surface area contributed by atoms with Crippen LogP contribution in [-0.4, -0.2) is 49.4 Å². The number of fused-ring (bicyclic) bond motifs is 1. The molecule has 1 aromatic carbocycles. The van der Waals surface area contributed by atoms with Crippen LogP contribution in [0, 0.1) is 0 Å². The van der Waals surface area contributed by atoms with E-state index in [-0.39, 0.29) is 35.8 Å². The average Bonchev–Trinajstić information content (AvgIpc) is 3.33. The molecule has 2 aromatic rings. The van der Waals surface area contributed by atoms with Crippen LogP contribution in [0.2, 0.25) is 0 Å². The minimum Gasteiger partial charge on any atom is -0.356 e. The maximum atomic E-state index is 12.3. The van der Waals surface area contributed by atoms with E-state index in [9.17, 15) is 9.59 Å². The summed E-state index contributed by atoms with van der Waals surface area (Å²) in [5.74, 6) is 0.809. The zero-order chi connectivity index (χ0) is 19.9. The summed E-state index contributed by atoms with van der Waals surface area (Å²) in [6, 6.07) is 9.14. The van der Waals surface area contributed by atoms with Crippen LogP contribution < -0.4 is 10.6 Å². The standard InChI is InChI=1S/C21H26N4O2S.HI/c1-15(16-9-12-28-14-16)13-24-21(22-2)23-10-5-6-11-25-19(26)17-7-3-4-8-18(17)20(25)27;/h3-4,7-9,12,14-15H,5-6,10-11,13H2,1-2H3,(H2,22,23,24);1H. The van der Waals surface area contributed by atoms with Crippen LogP contribution in [0.3, 0.4) is 0 Å². The molecule has 1 unspecified atom stereocenters. The van der Waals surface area contributed by atoms with Gasteiger partial charge in [-0.1, -0.05) is 19.1 Å². The lowest BCUT2D eigenvalue weighted by atomic mass is 10.1. The number of nitrogens with zero attached hydrogens (tertiary/aromatic N) is 2. The lowest BCUT2D eigenvalue weighted by molar-refractivity contribution is 0.0652. The number of halogens is 1. The highest BCUT2D eigenvalue weighted by molar-refractivity contribution is 14.0. The van der Waals surface area contributed by atoms with Crippen LogP contribution in [0.5, 0.6) is 0 Å². The number of aliphatic imine (C=N–C) groups is 1. The van der Waals surface area contributed by atoms with Crippen molar-refractivity contribution < 1.29 is 9.59 Å². The van der Waals surface area contributed by atoms with Gasteiger partial charge in [0.2, 0.25) is 0 Å². The Kier molecular flexibility index (Phi) is 9.09. The fraction of sp³-hybridized carbons (Fsp3) is 0.381. The van der Waals surface area contributed by atoms with Gasteiger partial charge in [0.25, 0.3) is 11.8 Å². The Morgan fingerprint density at radius 1 is 1.10 bits per heavy atom. The molecule has 156 valence electrons. The van der Waals surface area contributed by atoms with Gasteiger partial charge in [-0.2, -0.15) is 11.3 Å². The number of thiophene rings is 1. The van der Waals surface area contributed by atoms with E-state index in [2.05, 4.69) is 39.4 Å². The summed E-state index contributed by atoms with van der Waals surface area (Å²) in [5.41, 5.74) is 2.35. The summed E-state index contributed by atoms with van der Waals surface area (Å²) in [7, 11) is 1.75. The number of imide groups is 1. The molecule has 0 aliphatic carbocycles. The number of carbonyl (C=O) groups excluding carboxylic acids is 2. The first-order chi connectivity index (χ1) is 13.6. The molecule has 0 spiro atoms.